The lowest BCUT2D eigenvalue weighted by molar-refractivity contribution is -0.138. The highest BCUT2D eigenvalue weighted by molar-refractivity contribution is 5.77. The fraction of sp³-hybridized carbons (Fsp3) is 0.800. The Morgan fingerprint density at radius 3 is 2.50 bits per heavy atom. The lowest BCUT2D eigenvalue weighted by Crippen LogP contribution is -2.40. The van der Waals surface area contributed by atoms with E-state index in [0.29, 0.717) is 12.5 Å². The number of carbonyl (C=O) groups is 2. The summed E-state index contributed by atoms with van der Waals surface area (Å²) in [6.07, 6.45) is 3.72. The molecule has 4 heteroatoms. The zero-order valence-electron chi connectivity index (χ0n) is 8.45. The predicted octanol–water partition coefficient (Wildman–Crippen LogP) is 1.16. The van der Waals surface area contributed by atoms with Gasteiger partial charge in [0.25, 0.3) is 0 Å². The maximum absolute atomic E-state index is 11.3. The van der Waals surface area contributed by atoms with Crippen molar-refractivity contribution >= 4 is 11.9 Å². The highest BCUT2D eigenvalue weighted by Gasteiger charge is 2.20. The third-order valence-corrected chi connectivity index (χ3v) is 2.53. The van der Waals surface area contributed by atoms with Gasteiger partial charge in [-0.15, -0.1) is 0 Å². The van der Waals surface area contributed by atoms with Gasteiger partial charge in [-0.25, -0.2) is 0 Å². The second-order valence-corrected chi connectivity index (χ2v) is 4.10. The molecule has 80 valence electrons. The van der Waals surface area contributed by atoms with Gasteiger partial charge in [-0.05, 0) is 25.2 Å². The molecule has 0 aliphatic heterocycles. The van der Waals surface area contributed by atoms with Crippen LogP contribution in [0.5, 0.6) is 0 Å². The van der Waals surface area contributed by atoms with Crippen molar-refractivity contribution in [3.63, 3.8) is 0 Å². The van der Waals surface area contributed by atoms with Gasteiger partial charge in [0.1, 0.15) is 0 Å². The van der Waals surface area contributed by atoms with Crippen molar-refractivity contribution in [3.05, 3.63) is 0 Å². The lowest BCUT2D eigenvalue weighted by atomic mass is 9.92. The largest absolute Gasteiger partial charge is 0.481 e. The number of nitrogens with one attached hydrogen (secondary N) is 1. The van der Waals surface area contributed by atoms with Crippen LogP contribution in [0, 0.1) is 5.92 Å². The summed E-state index contributed by atoms with van der Waals surface area (Å²) in [5.41, 5.74) is 0. The topological polar surface area (TPSA) is 66.4 Å². The zero-order valence-corrected chi connectivity index (χ0v) is 8.45. The van der Waals surface area contributed by atoms with E-state index in [-0.39, 0.29) is 18.2 Å². The molecule has 0 spiro atoms. The van der Waals surface area contributed by atoms with E-state index in [4.69, 9.17) is 5.11 Å². The molecular weight excluding hydrogens is 182 g/mol. The number of carboxylic acid groups (broad SMARTS) is 1. The minimum absolute atomic E-state index is 0.0107. The van der Waals surface area contributed by atoms with E-state index in [1.54, 1.807) is 6.92 Å². The van der Waals surface area contributed by atoms with Crippen molar-refractivity contribution in [2.75, 3.05) is 0 Å². The second kappa shape index (κ2) is 4.98. The first-order valence-electron chi connectivity index (χ1n) is 5.09. The Hall–Kier alpha value is -1.06. The summed E-state index contributed by atoms with van der Waals surface area (Å²) in [6.45, 7) is 1.79. The number of aliphatic carboxylic acids is 1. The van der Waals surface area contributed by atoms with Crippen LogP contribution in [0.3, 0.4) is 0 Å². The van der Waals surface area contributed by atoms with Crippen LogP contribution >= 0.6 is 0 Å². The van der Waals surface area contributed by atoms with Crippen LogP contribution in [0.25, 0.3) is 0 Å². The van der Waals surface area contributed by atoms with Crippen molar-refractivity contribution in [1.29, 1.82) is 0 Å². The highest BCUT2D eigenvalue weighted by Crippen LogP contribution is 2.18. The van der Waals surface area contributed by atoms with E-state index in [0.717, 1.165) is 12.8 Å². The van der Waals surface area contributed by atoms with Gasteiger partial charge in [-0.1, -0.05) is 6.92 Å². The average molecular weight is 199 g/mol. The summed E-state index contributed by atoms with van der Waals surface area (Å²) in [7, 11) is 0. The van der Waals surface area contributed by atoms with Gasteiger partial charge in [0.2, 0.25) is 5.91 Å². The van der Waals surface area contributed by atoms with E-state index in [1.165, 1.54) is 6.42 Å². The minimum Gasteiger partial charge on any atom is -0.481 e. The normalized spacial score (nSPS) is 18.4. The van der Waals surface area contributed by atoms with Gasteiger partial charge in [0, 0.05) is 18.9 Å². The van der Waals surface area contributed by atoms with E-state index >= 15 is 0 Å². The predicted molar refractivity (Wildman–Crippen MR) is 51.8 cm³/mol. The quantitative estimate of drug-likeness (QED) is 0.698. The van der Waals surface area contributed by atoms with Crippen LogP contribution in [0.4, 0.5) is 0 Å². The summed E-state index contributed by atoms with van der Waals surface area (Å²) in [5.74, 6) is -0.926. The zero-order chi connectivity index (χ0) is 10.6. The fourth-order valence-corrected chi connectivity index (χ4v) is 1.53. The molecule has 0 aromatic rings. The number of hydrogen-bond acceptors (Lipinski definition) is 2. The van der Waals surface area contributed by atoms with Crippen LogP contribution in [0.15, 0.2) is 0 Å². The van der Waals surface area contributed by atoms with Crippen LogP contribution < -0.4 is 5.32 Å². The minimum atomic E-state index is -0.839. The van der Waals surface area contributed by atoms with Crippen LogP contribution in [0.1, 0.15) is 39.0 Å². The van der Waals surface area contributed by atoms with Gasteiger partial charge in [-0.3, -0.25) is 9.59 Å². The molecule has 0 saturated heterocycles. The molecule has 0 aromatic heterocycles. The van der Waals surface area contributed by atoms with Crippen molar-refractivity contribution in [1.82, 2.24) is 5.32 Å². The molecule has 1 aliphatic rings. The summed E-state index contributed by atoms with van der Waals surface area (Å²) < 4.78 is 0. The molecule has 0 bridgehead atoms. The fourth-order valence-electron chi connectivity index (χ4n) is 1.53. The van der Waals surface area contributed by atoms with E-state index in [9.17, 15) is 9.59 Å². The molecule has 0 heterocycles. The molecule has 0 radical (unpaired) electrons. The monoisotopic (exact) mass is 199 g/mol. The molecule has 2 N–H and O–H groups in total. The summed E-state index contributed by atoms with van der Waals surface area (Å²) in [5, 5.41) is 11.4. The standard InChI is InChI=1S/C10H17NO3/c1-7(6-10(13)14)5-9(12)11-8-3-2-4-8/h7-8H,2-6H2,1H3,(H,11,12)(H,13,14). The van der Waals surface area contributed by atoms with Crippen molar-refractivity contribution < 1.29 is 14.7 Å². The molecule has 0 aromatic carbocycles. The molecule has 1 saturated carbocycles. The molecule has 4 nitrogen and oxygen atoms in total. The summed E-state index contributed by atoms with van der Waals surface area (Å²) in [6, 6.07) is 0.347. The molecule has 14 heavy (non-hydrogen) atoms. The smallest absolute Gasteiger partial charge is 0.303 e. The highest BCUT2D eigenvalue weighted by atomic mass is 16.4. The van der Waals surface area contributed by atoms with Gasteiger partial charge in [0.15, 0.2) is 0 Å². The Balaban J connectivity index is 2.14. The Kier molecular flexibility index (Phi) is 3.92. The third-order valence-electron chi connectivity index (χ3n) is 2.53. The molecule has 1 rings (SSSR count). The van der Waals surface area contributed by atoms with Crippen molar-refractivity contribution in [2.24, 2.45) is 5.92 Å². The molecule has 1 amide bonds. The molecular formula is C10H17NO3. The number of hydrogen-bond donors (Lipinski definition) is 2. The summed E-state index contributed by atoms with van der Waals surface area (Å²) >= 11 is 0. The Morgan fingerprint density at radius 2 is 2.07 bits per heavy atom. The van der Waals surface area contributed by atoms with Crippen LogP contribution in [0.2, 0.25) is 0 Å². The first-order chi connectivity index (χ1) is 6.58. The maximum Gasteiger partial charge on any atom is 0.303 e. The third kappa shape index (κ3) is 3.77. The van der Waals surface area contributed by atoms with Crippen LogP contribution in [-0.4, -0.2) is 23.0 Å². The van der Waals surface area contributed by atoms with Gasteiger partial charge >= 0.3 is 5.97 Å². The first-order valence-corrected chi connectivity index (χ1v) is 5.09. The van der Waals surface area contributed by atoms with Gasteiger partial charge in [-0.2, -0.15) is 0 Å². The Morgan fingerprint density at radius 1 is 1.43 bits per heavy atom. The van der Waals surface area contributed by atoms with Crippen molar-refractivity contribution in [2.45, 2.75) is 45.1 Å². The number of carbonyl (C=O) groups excluding carboxylic acids is 1. The van der Waals surface area contributed by atoms with Gasteiger partial charge in [0.05, 0.1) is 0 Å². The number of rotatable bonds is 5. The SMILES string of the molecule is CC(CC(=O)O)CC(=O)NC1CCC1. The average Bonchev–Trinajstić information content (AvgIpc) is 1.94. The number of amides is 1. The van der Waals surface area contributed by atoms with Crippen molar-refractivity contribution in [3.8, 4) is 0 Å². The Labute approximate surface area is 83.7 Å². The Bertz CT molecular complexity index is 223. The summed E-state index contributed by atoms with van der Waals surface area (Å²) in [4.78, 5) is 21.7. The van der Waals surface area contributed by atoms with E-state index in [1.807, 2.05) is 0 Å². The van der Waals surface area contributed by atoms with E-state index < -0.39 is 5.97 Å². The molecule has 1 aliphatic carbocycles. The lowest BCUT2D eigenvalue weighted by Gasteiger charge is -2.26. The maximum atomic E-state index is 11.3. The number of carboxylic acids is 1. The molecule has 1 unspecified atom stereocenters. The van der Waals surface area contributed by atoms with Gasteiger partial charge < -0.3 is 10.4 Å². The molecule has 1 fully saturated rings. The first kappa shape index (κ1) is 11.0. The molecule has 1 atom stereocenters. The van der Waals surface area contributed by atoms with E-state index in [2.05, 4.69) is 5.32 Å². The second-order valence-electron chi connectivity index (χ2n) is 4.10. The van der Waals surface area contributed by atoms with Crippen LogP contribution in [-0.2, 0) is 9.59 Å².